The minimum atomic E-state index is -0.634. The Kier molecular flexibility index (Phi) is 4.62. The Labute approximate surface area is 156 Å². The molecule has 0 atom stereocenters. The van der Waals surface area contributed by atoms with Crippen LogP contribution in [0.1, 0.15) is 0 Å². The Hall–Kier alpha value is -3.53. The predicted octanol–water partition coefficient (Wildman–Crippen LogP) is 6.50. The Morgan fingerprint density at radius 1 is 0.630 bits per heavy atom. The van der Waals surface area contributed by atoms with E-state index < -0.39 is 11.6 Å². The molecule has 0 fully saturated rings. The van der Waals surface area contributed by atoms with Crippen molar-refractivity contribution in [3.8, 4) is 11.3 Å². The van der Waals surface area contributed by atoms with E-state index in [1.165, 1.54) is 12.1 Å². The maximum absolute atomic E-state index is 14.2. The van der Waals surface area contributed by atoms with E-state index in [2.05, 4.69) is 9.88 Å². The fraction of sp³-hybridized carbons (Fsp3) is 0. The molecule has 0 aliphatic carbocycles. The molecule has 2 nitrogen and oxygen atoms in total. The van der Waals surface area contributed by atoms with Gasteiger partial charge in [0.1, 0.15) is 11.6 Å². The molecule has 1 heterocycles. The van der Waals surface area contributed by atoms with Gasteiger partial charge < -0.3 is 4.90 Å². The maximum Gasteiger partial charge on any atom is 0.135 e. The summed E-state index contributed by atoms with van der Waals surface area (Å²) in [5.74, 6) is -1.24. The zero-order valence-electron chi connectivity index (χ0n) is 14.4. The van der Waals surface area contributed by atoms with Gasteiger partial charge in [-0.25, -0.2) is 8.78 Å². The fourth-order valence-corrected chi connectivity index (χ4v) is 3.00. The third-order valence-corrected chi connectivity index (χ3v) is 4.24. The summed E-state index contributed by atoms with van der Waals surface area (Å²) in [6.45, 7) is 0. The van der Waals surface area contributed by atoms with Crippen molar-refractivity contribution in [2.24, 2.45) is 0 Å². The van der Waals surface area contributed by atoms with Gasteiger partial charge in [-0.15, -0.1) is 0 Å². The number of hydrogen-bond acceptors (Lipinski definition) is 2. The zero-order valence-corrected chi connectivity index (χ0v) is 14.4. The van der Waals surface area contributed by atoms with Gasteiger partial charge >= 0.3 is 0 Å². The molecule has 0 aliphatic heterocycles. The zero-order chi connectivity index (χ0) is 18.6. The second-order valence-electron chi connectivity index (χ2n) is 6.03. The van der Waals surface area contributed by atoms with Crippen LogP contribution in [0.25, 0.3) is 11.3 Å². The molecule has 0 N–H and O–H groups in total. The van der Waals surface area contributed by atoms with E-state index in [1.54, 1.807) is 12.3 Å². The molecule has 3 aromatic carbocycles. The first-order chi connectivity index (χ1) is 13.2. The molecule has 1 aromatic heterocycles. The summed E-state index contributed by atoms with van der Waals surface area (Å²) in [5, 5.41) is 0. The minimum Gasteiger partial charge on any atom is -0.310 e. The molecule has 4 aromatic rings. The van der Waals surface area contributed by atoms with Crippen molar-refractivity contribution in [1.82, 2.24) is 4.98 Å². The van der Waals surface area contributed by atoms with Crippen molar-refractivity contribution >= 4 is 17.1 Å². The Morgan fingerprint density at radius 2 is 1.26 bits per heavy atom. The Balaban J connectivity index is 1.84. The van der Waals surface area contributed by atoms with Crippen molar-refractivity contribution in [3.05, 3.63) is 109 Å². The van der Waals surface area contributed by atoms with E-state index in [0.717, 1.165) is 23.1 Å². The second-order valence-corrected chi connectivity index (χ2v) is 6.03. The van der Waals surface area contributed by atoms with Gasteiger partial charge in [-0.2, -0.15) is 0 Å². The fourth-order valence-electron chi connectivity index (χ4n) is 3.00. The summed E-state index contributed by atoms with van der Waals surface area (Å²) in [6.07, 6.45) is 1.63. The lowest BCUT2D eigenvalue weighted by Crippen LogP contribution is -2.10. The predicted molar refractivity (Wildman–Crippen MR) is 104 cm³/mol. The third-order valence-electron chi connectivity index (χ3n) is 4.24. The highest BCUT2D eigenvalue weighted by Crippen LogP contribution is 2.35. The smallest absolute Gasteiger partial charge is 0.135 e. The molecule has 0 spiro atoms. The van der Waals surface area contributed by atoms with E-state index in [4.69, 9.17) is 0 Å². The average Bonchev–Trinajstić information content (AvgIpc) is 2.70. The third kappa shape index (κ3) is 3.55. The number of aromatic nitrogens is 1. The van der Waals surface area contributed by atoms with Gasteiger partial charge in [-0.1, -0.05) is 36.4 Å². The van der Waals surface area contributed by atoms with Crippen LogP contribution in [0.5, 0.6) is 0 Å². The van der Waals surface area contributed by atoms with Crippen LogP contribution in [0.15, 0.2) is 97.2 Å². The Morgan fingerprint density at radius 3 is 1.85 bits per heavy atom. The van der Waals surface area contributed by atoms with Crippen molar-refractivity contribution < 1.29 is 8.78 Å². The van der Waals surface area contributed by atoms with Crippen LogP contribution in [-0.2, 0) is 0 Å². The SMILES string of the molecule is Fc1ccc(-c2cc(N(c3ccccc3)c3ccccc3)ccn2)c(F)c1. The van der Waals surface area contributed by atoms with Gasteiger partial charge in [-0.3, -0.25) is 4.98 Å². The van der Waals surface area contributed by atoms with E-state index in [-0.39, 0.29) is 5.56 Å². The lowest BCUT2D eigenvalue weighted by molar-refractivity contribution is 0.585. The first-order valence-electron chi connectivity index (χ1n) is 8.54. The van der Waals surface area contributed by atoms with Crippen LogP contribution in [0.2, 0.25) is 0 Å². The average molecular weight is 358 g/mol. The van der Waals surface area contributed by atoms with Gasteiger partial charge in [0.15, 0.2) is 0 Å². The van der Waals surface area contributed by atoms with E-state index in [1.807, 2.05) is 66.7 Å². The molecule has 0 aliphatic rings. The van der Waals surface area contributed by atoms with Crippen LogP contribution in [0.4, 0.5) is 25.8 Å². The molecule has 0 unspecified atom stereocenters. The van der Waals surface area contributed by atoms with Crippen molar-refractivity contribution in [2.45, 2.75) is 0 Å². The molecular weight excluding hydrogens is 342 g/mol. The van der Waals surface area contributed by atoms with E-state index in [0.29, 0.717) is 5.69 Å². The highest BCUT2D eigenvalue weighted by Gasteiger charge is 2.14. The molecule has 4 heteroatoms. The van der Waals surface area contributed by atoms with Gasteiger partial charge in [-0.05, 0) is 48.5 Å². The minimum absolute atomic E-state index is 0.263. The van der Waals surface area contributed by atoms with E-state index in [9.17, 15) is 8.78 Å². The molecule has 4 rings (SSSR count). The summed E-state index contributed by atoms with van der Waals surface area (Å²) in [4.78, 5) is 6.34. The monoisotopic (exact) mass is 358 g/mol. The molecule has 0 saturated carbocycles. The number of halogens is 2. The topological polar surface area (TPSA) is 16.1 Å². The molecule has 132 valence electrons. The normalized spacial score (nSPS) is 10.6. The quantitative estimate of drug-likeness (QED) is 0.414. The standard InChI is InChI=1S/C23H16F2N2/c24-17-11-12-21(22(25)15-17)23-16-20(13-14-26-23)27(18-7-3-1-4-8-18)19-9-5-2-6-10-19/h1-16H. The van der Waals surface area contributed by atoms with Crippen molar-refractivity contribution in [3.63, 3.8) is 0 Å². The lowest BCUT2D eigenvalue weighted by Gasteiger charge is -2.25. The van der Waals surface area contributed by atoms with Gasteiger partial charge in [0, 0.05) is 34.9 Å². The second kappa shape index (κ2) is 7.38. The number of pyridine rings is 1. The van der Waals surface area contributed by atoms with Crippen molar-refractivity contribution in [2.75, 3.05) is 4.90 Å². The molecule has 0 bridgehead atoms. The van der Waals surface area contributed by atoms with Crippen LogP contribution >= 0.6 is 0 Å². The van der Waals surface area contributed by atoms with Crippen LogP contribution in [0.3, 0.4) is 0 Å². The van der Waals surface area contributed by atoms with E-state index >= 15 is 0 Å². The molecule has 0 radical (unpaired) electrons. The van der Waals surface area contributed by atoms with Crippen LogP contribution in [0, 0.1) is 11.6 Å². The summed E-state index contributed by atoms with van der Waals surface area (Å²) >= 11 is 0. The number of anilines is 3. The number of hydrogen-bond donors (Lipinski definition) is 0. The first kappa shape index (κ1) is 16.9. The molecule has 0 amide bonds. The van der Waals surface area contributed by atoms with Gasteiger partial charge in [0.05, 0.1) is 5.69 Å². The molecular formula is C23H16F2N2. The summed E-state index contributed by atoms with van der Waals surface area (Å²) in [7, 11) is 0. The largest absolute Gasteiger partial charge is 0.310 e. The number of nitrogens with zero attached hydrogens (tertiary/aromatic N) is 2. The highest BCUT2D eigenvalue weighted by atomic mass is 19.1. The van der Waals surface area contributed by atoms with Crippen LogP contribution in [-0.4, -0.2) is 4.98 Å². The summed E-state index contributed by atoms with van der Waals surface area (Å²) in [6, 6.07) is 27.0. The van der Waals surface area contributed by atoms with Crippen LogP contribution < -0.4 is 4.90 Å². The Bertz CT molecular complexity index is 1010. The summed E-state index contributed by atoms with van der Waals surface area (Å²) < 4.78 is 27.5. The first-order valence-corrected chi connectivity index (χ1v) is 8.54. The van der Waals surface area contributed by atoms with Gasteiger partial charge in [0.2, 0.25) is 0 Å². The van der Waals surface area contributed by atoms with Gasteiger partial charge in [0.25, 0.3) is 0 Å². The maximum atomic E-state index is 14.2. The number of para-hydroxylation sites is 2. The lowest BCUT2D eigenvalue weighted by atomic mass is 10.1. The summed E-state index contributed by atoms with van der Waals surface area (Å²) in [5.41, 5.74) is 3.49. The molecule has 27 heavy (non-hydrogen) atoms. The number of benzene rings is 3. The molecule has 0 saturated heterocycles. The number of rotatable bonds is 4. The highest BCUT2D eigenvalue weighted by molar-refractivity contribution is 5.78. The van der Waals surface area contributed by atoms with Crippen molar-refractivity contribution in [1.29, 1.82) is 0 Å².